The first kappa shape index (κ1) is 13.8. The number of ether oxygens (including phenoxy) is 1. The molecule has 0 bridgehead atoms. The van der Waals surface area contributed by atoms with Gasteiger partial charge in [-0.05, 0) is 12.3 Å². The molecule has 0 saturated heterocycles. The Bertz CT molecular complexity index is 146. The second kappa shape index (κ2) is 9.32. The molecule has 0 rings (SSSR count). The topological polar surface area (TPSA) is 26.3 Å². The van der Waals surface area contributed by atoms with Crippen molar-refractivity contribution in [3.05, 3.63) is 0 Å². The van der Waals surface area contributed by atoms with Gasteiger partial charge in [0.2, 0.25) is 0 Å². The van der Waals surface area contributed by atoms with Gasteiger partial charge in [-0.3, -0.25) is 0 Å². The van der Waals surface area contributed by atoms with Crippen LogP contribution in [0.2, 0.25) is 0 Å². The molecule has 0 spiro atoms. The molecule has 0 aromatic carbocycles. The molecule has 2 nitrogen and oxygen atoms in total. The van der Waals surface area contributed by atoms with Gasteiger partial charge in [0.05, 0.1) is 6.61 Å². The van der Waals surface area contributed by atoms with Gasteiger partial charge in [0, 0.05) is 11.6 Å². The van der Waals surface area contributed by atoms with Crippen LogP contribution in [0.5, 0.6) is 0 Å². The molecule has 0 N–H and O–H groups in total. The minimum Gasteiger partial charge on any atom is -0.454 e. The highest BCUT2D eigenvalue weighted by Crippen LogP contribution is 2.10. The predicted octanol–water partition coefficient (Wildman–Crippen LogP) is 4.36. The van der Waals surface area contributed by atoms with E-state index in [-0.39, 0.29) is 0 Å². The molecular formula is C11H21ClO2. The Morgan fingerprint density at radius 1 is 1.14 bits per heavy atom. The average Bonchev–Trinajstić information content (AvgIpc) is 2.08. The van der Waals surface area contributed by atoms with Crippen molar-refractivity contribution in [3.8, 4) is 0 Å². The van der Waals surface area contributed by atoms with Gasteiger partial charge in [-0.25, -0.2) is 4.79 Å². The first-order valence-electron chi connectivity index (χ1n) is 5.45. The average molecular weight is 221 g/mol. The molecule has 14 heavy (non-hydrogen) atoms. The summed E-state index contributed by atoms with van der Waals surface area (Å²) in [5.41, 5.74) is -0.690. The zero-order valence-electron chi connectivity index (χ0n) is 9.22. The Balaban J connectivity index is 2.96. The van der Waals surface area contributed by atoms with Crippen LogP contribution in [-0.2, 0) is 4.74 Å². The highest BCUT2D eigenvalue weighted by Gasteiger charge is 1.96. The highest BCUT2D eigenvalue weighted by molar-refractivity contribution is 6.61. The van der Waals surface area contributed by atoms with Crippen molar-refractivity contribution >= 4 is 17.0 Å². The number of hydrogen-bond donors (Lipinski definition) is 0. The summed E-state index contributed by atoms with van der Waals surface area (Å²) < 4.78 is 4.61. The zero-order valence-corrected chi connectivity index (χ0v) is 9.98. The molecular weight excluding hydrogens is 200 g/mol. The third-order valence-corrected chi connectivity index (χ3v) is 2.25. The Morgan fingerprint density at radius 2 is 1.71 bits per heavy atom. The van der Waals surface area contributed by atoms with Crippen LogP contribution >= 0.6 is 11.6 Å². The Labute approximate surface area is 92.0 Å². The molecule has 0 amide bonds. The van der Waals surface area contributed by atoms with Crippen molar-refractivity contribution in [3.63, 3.8) is 0 Å². The van der Waals surface area contributed by atoms with Gasteiger partial charge in [0.25, 0.3) is 0 Å². The summed E-state index contributed by atoms with van der Waals surface area (Å²) in [5.74, 6) is 0.812. The predicted molar refractivity (Wildman–Crippen MR) is 59.7 cm³/mol. The fourth-order valence-corrected chi connectivity index (χ4v) is 1.41. The molecule has 0 aliphatic carbocycles. The number of halogens is 1. The highest BCUT2D eigenvalue weighted by atomic mass is 35.5. The van der Waals surface area contributed by atoms with Crippen LogP contribution in [0.1, 0.15) is 52.4 Å². The van der Waals surface area contributed by atoms with E-state index in [4.69, 9.17) is 11.6 Å². The van der Waals surface area contributed by atoms with Crippen LogP contribution in [0.25, 0.3) is 0 Å². The molecule has 0 aromatic heterocycles. The smallest absolute Gasteiger partial charge is 0.403 e. The van der Waals surface area contributed by atoms with Crippen LogP contribution in [0, 0.1) is 5.92 Å². The summed E-state index contributed by atoms with van der Waals surface area (Å²) in [6.07, 6.45) is 7.20. The molecule has 0 fully saturated rings. The number of rotatable bonds is 8. The first-order chi connectivity index (χ1) is 6.63. The third-order valence-electron chi connectivity index (χ3n) is 2.14. The summed E-state index contributed by atoms with van der Waals surface area (Å²) in [6, 6.07) is 0. The maximum Gasteiger partial charge on any atom is 0.403 e. The fraction of sp³-hybridized carbons (Fsp3) is 0.909. The first-order valence-corrected chi connectivity index (χ1v) is 5.83. The van der Waals surface area contributed by atoms with E-state index in [9.17, 15) is 4.79 Å². The maximum absolute atomic E-state index is 10.2. The minimum absolute atomic E-state index is 0.465. The molecule has 0 radical (unpaired) electrons. The van der Waals surface area contributed by atoms with E-state index in [1.807, 2.05) is 0 Å². The van der Waals surface area contributed by atoms with Gasteiger partial charge in [-0.1, -0.05) is 46.0 Å². The SMILES string of the molecule is CC(C)CCCCCCCOC(=O)Cl. The number of carbonyl (C=O) groups excluding carboxylic acids is 1. The molecule has 0 aliphatic rings. The standard InChI is InChI=1S/C11H21ClO2/c1-10(2)8-6-4-3-5-7-9-14-11(12)13/h10H,3-9H2,1-2H3. The van der Waals surface area contributed by atoms with Gasteiger partial charge in [0.15, 0.2) is 0 Å². The largest absolute Gasteiger partial charge is 0.454 e. The third kappa shape index (κ3) is 11.8. The van der Waals surface area contributed by atoms with E-state index >= 15 is 0 Å². The van der Waals surface area contributed by atoms with Crippen molar-refractivity contribution in [1.29, 1.82) is 0 Å². The number of carbonyl (C=O) groups is 1. The fourth-order valence-electron chi connectivity index (χ4n) is 1.34. The van der Waals surface area contributed by atoms with Gasteiger partial charge < -0.3 is 4.74 Å². The van der Waals surface area contributed by atoms with Crippen molar-refractivity contribution in [2.45, 2.75) is 52.4 Å². The van der Waals surface area contributed by atoms with Crippen molar-refractivity contribution in [1.82, 2.24) is 0 Å². The summed E-state index contributed by atoms with van der Waals surface area (Å²) in [5, 5.41) is 0. The van der Waals surface area contributed by atoms with Crippen LogP contribution in [0.4, 0.5) is 4.79 Å². The lowest BCUT2D eigenvalue weighted by Crippen LogP contribution is -1.96. The van der Waals surface area contributed by atoms with Crippen LogP contribution in [0.15, 0.2) is 0 Å². The van der Waals surface area contributed by atoms with Crippen LogP contribution < -0.4 is 0 Å². The van der Waals surface area contributed by atoms with E-state index in [1.165, 1.54) is 25.7 Å². The van der Waals surface area contributed by atoms with E-state index in [2.05, 4.69) is 18.6 Å². The second-order valence-electron chi connectivity index (χ2n) is 4.04. The maximum atomic E-state index is 10.2. The molecule has 84 valence electrons. The molecule has 0 unspecified atom stereocenters. The van der Waals surface area contributed by atoms with Crippen molar-refractivity contribution in [2.24, 2.45) is 5.92 Å². The Morgan fingerprint density at radius 3 is 2.29 bits per heavy atom. The summed E-state index contributed by atoms with van der Waals surface area (Å²) in [4.78, 5) is 10.2. The van der Waals surface area contributed by atoms with Crippen molar-refractivity contribution in [2.75, 3.05) is 6.61 Å². The minimum atomic E-state index is -0.690. The summed E-state index contributed by atoms with van der Waals surface area (Å²) in [6.45, 7) is 4.96. The lowest BCUT2D eigenvalue weighted by Gasteiger charge is -2.04. The van der Waals surface area contributed by atoms with E-state index in [0.29, 0.717) is 6.61 Å². The quantitative estimate of drug-likeness (QED) is 0.449. The zero-order chi connectivity index (χ0) is 10.8. The summed E-state index contributed by atoms with van der Waals surface area (Å²) >= 11 is 5.01. The summed E-state index contributed by atoms with van der Waals surface area (Å²) in [7, 11) is 0. The monoisotopic (exact) mass is 220 g/mol. The van der Waals surface area contributed by atoms with Crippen LogP contribution in [-0.4, -0.2) is 12.0 Å². The van der Waals surface area contributed by atoms with E-state index in [0.717, 1.165) is 18.8 Å². The second-order valence-corrected chi connectivity index (χ2v) is 4.34. The van der Waals surface area contributed by atoms with Gasteiger partial charge in [-0.15, -0.1) is 0 Å². The van der Waals surface area contributed by atoms with Crippen LogP contribution in [0.3, 0.4) is 0 Å². The molecule has 3 heteroatoms. The lowest BCUT2D eigenvalue weighted by molar-refractivity contribution is 0.170. The number of unbranched alkanes of at least 4 members (excludes halogenated alkanes) is 4. The Hall–Kier alpha value is -0.240. The molecule has 0 aliphatic heterocycles. The molecule has 0 atom stereocenters. The molecule has 0 heterocycles. The molecule has 0 saturated carbocycles. The Kier molecular flexibility index (Phi) is 9.16. The molecule has 0 aromatic rings. The van der Waals surface area contributed by atoms with E-state index in [1.54, 1.807) is 0 Å². The van der Waals surface area contributed by atoms with Crippen molar-refractivity contribution < 1.29 is 9.53 Å². The van der Waals surface area contributed by atoms with Gasteiger partial charge in [0.1, 0.15) is 0 Å². The van der Waals surface area contributed by atoms with Gasteiger partial charge in [-0.2, -0.15) is 0 Å². The number of hydrogen-bond acceptors (Lipinski definition) is 2. The van der Waals surface area contributed by atoms with Gasteiger partial charge >= 0.3 is 5.43 Å². The lowest BCUT2D eigenvalue weighted by atomic mass is 10.0. The normalized spacial score (nSPS) is 10.6. The van der Waals surface area contributed by atoms with E-state index < -0.39 is 5.43 Å².